The molecule has 0 aliphatic carbocycles. The fraction of sp³-hybridized carbons (Fsp3) is 0.136. The first-order chi connectivity index (χ1) is 15.0. The van der Waals surface area contributed by atoms with Gasteiger partial charge in [-0.05, 0) is 55.0 Å². The van der Waals surface area contributed by atoms with Crippen LogP contribution in [-0.4, -0.2) is 29.0 Å². The number of hydrogen-bond donors (Lipinski definition) is 2. The number of amides is 1. The number of anilines is 1. The van der Waals surface area contributed by atoms with Gasteiger partial charge < -0.3 is 5.32 Å². The third-order valence-electron chi connectivity index (χ3n) is 4.68. The van der Waals surface area contributed by atoms with Crippen molar-refractivity contribution in [3.05, 3.63) is 88.9 Å². The highest BCUT2D eigenvalue weighted by Crippen LogP contribution is 2.24. The van der Waals surface area contributed by atoms with E-state index in [0.717, 1.165) is 6.26 Å². The number of benzene rings is 3. The SMILES string of the molecule is C[C@@H](NC(=O)c1ccc(NS(=O)(=O)c2ccccc2)cc1Cl)c1ccc(S(C)(=O)=O)cc1. The molecule has 32 heavy (non-hydrogen) atoms. The van der Waals surface area contributed by atoms with Crippen LogP contribution < -0.4 is 10.0 Å². The third kappa shape index (κ3) is 5.67. The molecule has 7 nitrogen and oxygen atoms in total. The van der Waals surface area contributed by atoms with Crippen LogP contribution in [-0.2, 0) is 19.9 Å². The van der Waals surface area contributed by atoms with Gasteiger partial charge in [0.2, 0.25) is 0 Å². The van der Waals surface area contributed by atoms with Gasteiger partial charge in [0, 0.05) is 6.26 Å². The summed E-state index contributed by atoms with van der Waals surface area (Å²) in [6, 6.07) is 17.9. The zero-order valence-electron chi connectivity index (χ0n) is 17.2. The summed E-state index contributed by atoms with van der Waals surface area (Å²) in [6.07, 6.45) is 1.12. The number of carbonyl (C=O) groups excluding carboxylic acids is 1. The minimum atomic E-state index is -3.78. The predicted octanol–water partition coefficient (Wildman–Crippen LogP) is 4.04. The first kappa shape index (κ1) is 23.8. The van der Waals surface area contributed by atoms with Crippen LogP contribution in [0.4, 0.5) is 5.69 Å². The van der Waals surface area contributed by atoms with Crippen molar-refractivity contribution < 1.29 is 21.6 Å². The van der Waals surface area contributed by atoms with Gasteiger partial charge >= 0.3 is 0 Å². The third-order valence-corrected chi connectivity index (χ3v) is 7.51. The van der Waals surface area contributed by atoms with Crippen LogP contribution in [0.5, 0.6) is 0 Å². The summed E-state index contributed by atoms with van der Waals surface area (Å²) in [4.78, 5) is 13.0. The lowest BCUT2D eigenvalue weighted by atomic mass is 10.1. The van der Waals surface area contributed by atoms with Gasteiger partial charge in [-0.2, -0.15) is 0 Å². The van der Waals surface area contributed by atoms with Crippen LogP contribution in [0.25, 0.3) is 0 Å². The highest BCUT2D eigenvalue weighted by atomic mass is 35.5. The van der Waals surface area contributed by atoms with Crippen LogP contribution in [0.15, 0.2) is 82.6 Å². The largest absolute Gasteiger partial charge is 0.345 e. The standard InChI is InChI=1S/C22H21ClN2O5S2/c1-15(16-8-11-18(12-9-16)31(2,27)28)24-22(26)20-13-10-17(14-21(20)23)25-32(29,30)19-6-4-3-5-7-19/h3-15,25H,1-2H3,(H,24,26)/t15-/m1/s1. The second kappa shape index (κ2) is 9.32. The Morgan fingerprint density at radius 1 is 0.875 bits per heavy atom. The molecule has 1 atom stereocenters. The maximum atomic E-state index is 12.7. The molecule has 0 aliphatic heterocycles. The number of nitrogens with one attached hydrogen (secondary N) is 2. The molecular weight excluding hydrogens is 472 g/mol. The first-order valence-electron chi connectivity index (χ1n) is 9.46. The second-order valence-corrected chi connectivity index (χ2v) is 11.3. The van der Waals surface area contributed by atoms with E-state index in [1.54, 1.807) is 37.3 Å². The van der Waals surface area contributed by atoms with Crippen molar-refractivity contribution in [3.63, 3.8) is 0 Å². The summed E-state index contributed by atoms with van der Waals surface area (Å²) in [6.45, 7) is 1.75. The Labute approximate surface area is 192 Å². The van der Waals surface area contributed by atoms with Crippen molar-refractivity contribution in [2.75, 3.05) is 11.0 Å². The van der Waals surface area contributed by atoms with E-state index >= 15 is 0 Å². The van der Waals surface area contributed by atoms with E-state index in [0.29, 0.717) is 5.56 Å². The van der Waals surface area contributed by atoms with Gasteiger partial charge in [0.1, 0.15) is 0 Å². The predicted molar refractivity (Wildman–Crippen MR) is 124 cm³/mol. The highest BCUT2D eigenvalue weighted by molar-refractivity contribution is 7.92. The fourth-order valence-corrected chi connectivity index (χ4v) is 4.91. The van der Waals surface area contributed by atoms with Crippen LogP contribution in [0.3, 0.4) is 0 Å². The van der Waals surface area contributed by atoms with Crippen LogP contribution >= 0.6 is 11.6 Å². The minimum absolute atomic E-state index is 0.0791. The number of carbonyl (C=O) groups is 1. The van der Waals surface area contributed by atoms with Crippen molar-refractivity contribution in [2.45, 2.75) is 22.8 Å². The Morgan fingerprint density at radius 3 is 2.06 bits per heavy atom. The van der Waals surface area contributed by atoms with E-state index in [9.17, 15) is 21.6 Å². The van der Waals surface area contributed by atoms with Crippen molar-refractivity contribution in [2.24, 2.45) is 0 Å². The van der Waals surface area contributed by atoms with Gasteiger partial charge in [0.15, 0.2) is 9.84 Å². The first-order valence-corrected chi connectivity index (χ1v) is 13.2. The average Bonchev–Trinajstić information content (AvgIpc) is 2.73. The Kier molecular flexibility index (Phi) is 6.92. The van der Waals surface area contributed by atoms with Gasteiger partial charge in [-0.25, -0.2) is 16.8 Å². The number of rotatable bonds is 7. The molecule has 0 saturated heterocycles. The monoisotopic (exact) mass is 492 g/mol. The molecule has 3 rings (SSSR count). The number of halogens is 1. The maximum Gasteiger partial charge on any atom is 0.261 e. The molecule has 2 N–H and O–H groups in total. The van der Waals surface area contributed by atoms with E-state index in [1.807, 2.05) is 0 Å². The zero-order valence-corrected chi connectivity index (χ0v) is 19.6. The quantitative estimate of drug-likeness (QED) is 0.517. The molecule has 0 fully saturated rings. The Bertz CT molecular complexity index is 1340. The lowest BCUT2D eigenvalue weighted by Gasteiger charge is -2.16. The van der Waals surface area contributed by atoms with Crippen LogP contribution in [0, 0.1) is 0 Å². The van der Waals surface area contributed by atoms with Gasteiger partial charge in [-0.15, -0.1) is 0 Å². The molecule has 0 radical (unpaired) electrons. The molecular formula is C22H21ClN2O5S2. The number of sulfone groups is 1. The summed E-state index contributed by atoms with van der Waals surface area (Å²) >= 11 is 6.24. The summed E-state index contributed by atoms with van der Waals surface area (Å²) in [5.41, 5.74) is 1.11. The Balaban J connectivity index is 1.72. The van der Waals surface area contributed by atoms with E-state index in [1.165, 1.54) is 42.5 Å². The fourth-order valence-electron chi connectivity index (χ4n) is 2.94. The summed E-state index contributed by atoms with van der Waals surface area (Å²) < 4.78 is 50.5. The Morgan fingerprint density at radius 2 is 1.50 bits per heavy atom. The molecule has 3 aromatic rings. The molecule has 0 saturated carbocycles. The normalized spacial score (nSPS) is 12.7. The smallest absolute Gasteiger partial charge is 0.261 e. The van der Waals surface area contributed by atoms with Crippen molar-refractivity contribution in [1.29, 1.82) is 0 Å². The van der Waals surface area contributed by atoms with Gasteiger partial charge in [0.25, 0.3) is 15.9 Å². The second-order valence-electron chi connectivity index (χ2n) is 7.15. The number of sulfonamides is 1. The molecule has 168 valence electrons. The summed E-state index contributed by atoms with van der Waals surface area (Å²) in [5.74, 6) is -0.452. The molecule has 0 aliphatic rings. The molecule has 1 amide bonds. The van der Waals surface area contributed by atoms with Gasteiger partial charge in [-0.3, -0.25) is 9.52 Å². The van der Waals surface area contributed by atoms with E-state index in [4.69, 9.17) is 11.6 Å². The van der Waals surface area contributed by atoms with Crippen molar-refractivity contribution >= 4 is 43.1 Å². The zero-order chi connectivity index (χ0) is 23.5. The number of hydrogen-bond acceptors (Lipinski definition) is 5. The van der Waals surface area contributed by atoms with Crippen LogP contribution in [0.2, 0.25) is 5.02 Å². The molecule has 3 aromatic carbocycles. The van der Waals surface area contributed by atoms with Crippen molar-refractivity contribution in [1.82, 2.24) is 5.32 Å². The average molecular weight is 493 g/mol. The molecule has 0 spiro atoms. The summed E-state index contributed by atoms with van der Waals surface area (Å²) in [7, 11) is -7.09. The molecule has 0 bridgehead atoms. The van der Waals surface area contributed by atoms with E-state index < -0.39 is 31.8 Å². The lowest BCUT2D eigenvalue weighted by Crippen LogP contribution is -2.27. The summed E-state index contributed by atoms with van der Waals surface area (Å²) in [5, 5.41) is 2.87. The van der Waals surface area contributed by atoms with Gasteiger partial charge in [0.05, 0.1) is 32.1 Å². The van der Waals surface area contributed by atoms with E-state index in [-0.39, 0.29) is 26.1 Å². The molecule has 0 unspecified atom stereocenters. The van der Waals surface area contributed by atoms with Crippen molar-refractivity contribution in [3.8, 4) is 0 Å². The van der Waals surface area contributed by atoms with Crippen LogP contribution in [0.1, 0.15) is 28.9 Å². The maximum absolute atomic E-state index is 12.7. The molecule has 0 heterocycles. The van der Waals surface area contributed by atoms with E-state index in [2.05, 4.69) is 10.0 Å². The molecule has 10 heteroatoms. The molecule has 0 aromatic heterocycles. The highest BCUT2D eigenvalue weighted by Gasteiger charge is 2.18. The van der Waals surface area contributed by atoms with Gasteiger partial charge in [-0.1, -0.05) is 41.9 Å². The lowest BCUT2D eigenvalue weighted by molar-refractivity contribution is 0.0940. The topological polar surface area (TPSA) is 109 Å². The minimum Gasteiger partial charge on any atom is -0.345 e. The Hall–Kier alpha value is -2.88.